The molecule has 11 heteroatoms. The van der Waals surface area contributed by atoms with Crippen LogP contribution in [0, 0.1) is 11.3 Å². The van der Waals surface area contributed by atoms with Crippen molar-refractivity contribution in [3.63, 3.8) is 0 Å². The molecule has 2 aliphatic carbocycles. The number of hydrogen-bond acceptors (Lipinski definition) is 5. The maximum Gasteiger partial charge on any atom is 0.416 e. The number of carbonyl (C=O) groups excluding carboxylic acids is 2. The number of fused-ring (bicyclic) bond motifs is 1. The van der Waals surface area contributed by atoms with Gasteiger partial charge in [0.2, 0.25) is 5.91 Å². The van der Waals surface area contributed by atoms with Crippen molar-refractivity contribution in [2.45, 2.75) is 69.6 Å². The van der Waals surface area contributed by atoms with Gasteiger partial charge in [0.05, 0.1) is 17.5 Å². The number of aryl methyl sites for hydroxylation is 1. The van der Waals surface area contributed by atoms with Crippen LogP contribution in [0.1, 0.15) is 88.9 Å². The van der Waals surface area contributed by atoms with Gasteiger partial charge >= 0.3 is 6.18 Å². The zero-order valence-electron chi connectivity index (χ0n) is 26.8. The second kappa shape index (κ2) is 10.5. The second-order valence-corrected chi connectivity index (χ2v) is 14.9. The number of rotatable bonds is 7. The van der Waals surface area contributed by atoms with Crippen molar-refractivity contribution < 1.29 is 22.8 Å². The van der Waals surface area contributed by atoms with E-state index in [1.807, 2.05) is 23.7 Å². The molecular weight excluding hydrogens is 605 g/mol. The summed E-state index contributed by atoms with van der Waals surface area (Å²) in [6.07, 6.45) is 3.21. The number of likely N-dealkylation sites (tertiary alicyclic amines) is 2. The minimum absolute atomic E-state index is 0.0280. The van der Waals surface area contributed by atoms with Crippen molar-refractivity contribution in [3.8, 4) is 0 Å². The first kappa shape index (κ1) is 30.4. The van der Waals surface area contributed by atoms with E-state index in [-0.39, 0.29) is 34.4 Å². The largest absolute Gasteiger partial charge is 0.416 e. The van der Waals surface area contributed by atoms with E-state index in [2.05, 4.69) is 34.7 Å². The van der Waals surface area contributed by atoms with Crippen LogP contribution >= 0.6 is 0 Å². The van der Waals surface area contributed by atoms with Crippen molar-refractivity contribution in [1.29, 1.82) is 0 Å². The number of amides is 2. The highest BCUT2D eigenvalue weighted by atomic mass is 19.4. The average Bonchev–Trinajstić information content (AvgIpc) is 3.50. The lowest BCUT2D eigenvalue weighted by Crippen LogP contribution is -2.59. The summed E-state index contributed by atoms with van der Waals surface area (Å²) < 4.78 is 45.8. The van der Waals surface area contributed by atoms with Crippen LogP contribution in [-0.2, 0) is 36.5 Å². The predicted molar refractivity (Wildman–Crippen MR) is 170 cm³/mol. The Morgan fingerprint density at radius 1 is 1.11 bits per heavy atom. The van der Waals surface area contributed by atoms with Crippen LogP contribution in [0.4, 0.5) is 18.9 Å². The van der Waals surface area contributed by atoms with E-state index in [1.165, 1.54) is 17.0 Å². The van der Waals surface area contributed by atoms with Crippen molar-refractivity contribution in [1.82, 2.24) is 24.6 Å². The normalized spacial score (nSPS) is 25.2. The smallest absolute Gasteiger partial charge is 0.338 e. The van der Waals surface area contributed by atoms with Gasteiger partial charge in [-0.3, -0.25) is 14.5 Å². The van der Waals surface area contributed by atoms with Gasteiger partial charge in [-0.1, -0.05) is 19.6 Å². The monoisotopic (exact) mass is 644 g/mol. The summed E-state index contributed by atoms with van der Waals surface area (Å²) in [5.41, 5.74) is 2.38. The SMILES string of the molecule is C=CC(=O)N1CC2(CCN(Cc3cc4c(c(C(F)(F)F)c3)CN(c3cc(C5CC5)cc(C5(c6nncn6C)CC(C)C5)c3)C4=O)C2)C1. The summed E-state index contributed by atoms with van der Waals surface area (Å²) in [6.45, 7) is 8.68. The third-order valence-electron chi connectivity index (χ3n) is 11.3. The quantitative estimate of drug-likeness (QED) is 0.304. The Morgan fingerprint density at radius 2 is 1.87 bits per heavy atom. The molecule has 0 unspecified atom stereocenters. The minimum Gasteiger partial charge on any atom is -0.338 e. The number of carbonyl (C=O) groups is 2. The Hall–Kier alpha value is -3.99. The topological polar surface area (TPSA) is 74.6 Å². The van der Waals surface area contributed by atoms with Crippen molar-refractivity contribution in [3.05, 3.63) is 88.5 Å². The maximum atomic E-state index is 14.6. The number of halogens is 3. The lowest BCUT2D eigenvalue weighted by molar-refractivity contribution is -0.138. The lowest BCUT2D eigenvalue weighted by Gasteiger charge is -2.47. The first-order valence-corrected chi connectivity index (χ1v) is 16.6. The molecule has 2 aromatic carbocycles. The second-order valence-electron chi connectivity index (χ2n) is 14.9. The van der Waals surface area contributed by atoms with Gasteiger partial charge in [0.1, 0.15) is 12.2 Å². The molecular formula is C36H39F3N6O2. The van der Waals surface area contributed by atoms with Crippen LogP contribution < -0.4 is 4.90 Å². The molecule has 2 amide bonds. The summed E-state index contributed by atoms with van der Waals surface area (Å²) in [5, 5.41) is 8.65. The van der Waals surface area contributed by atoms with Crippen LogP contribution in [0.2, 0.25) is 0 Å². The van der Waals surface area contributed by atoms with Crippen molar-refractivity contribution in [2.24, 2.45) is 18.4 Å². The standard InChI is InChI=1S/C36H39F3N6O2/c1-4-31(46)44-19-34(20-44)7-8-43(18-34)16-23-9-28-29(30(10-23)36(37,38)39)17-45(32(28)47)27-12-25(24-5-6-24)11-26(13-27)35(14-22(2)15-35)33-41-40-21-42(33)3/h4,9-13,21-22,24H,1,5-8,14-20H2,2-3H3. The van der Waals surface area contributed by atoms with Crippen LogP contribution in [0.3, 0.4) is 0 Å². The molecule has 5 aliphatic rings. The average molecular weight is 645 g/mol. The van der Waals surface area contributed by atoms with E-state index in [9.17, 15) is 22.8 Å². The van der Waals surface area contributed by atoms with Crippen LogP contribution in [0.15, 0.2) is 49.3 Å². The van der Waals surface area contributed by atoms with Gasteiger partial charge < -0.3 is 14.4 Å². The number of hydrogen-bond donors (Lipinski definition) is 0. The zero-order chi connectivity index (χ0) is 32.9. The van der Waals surface area contributed by atoms with E-state index < -0.39 is 17.6 Å². The van der Waals surface area contributed by atoms with Gasteiger partial charge in [0.25, 0.3) is 5.91 Å². The number of nitrogens with zero attached hydrogens (tertiary/aromatic N) is 6. The van der Waals surface area contributed by atoms with Gasteiger partial charge in [-0.2, -0.15) is 13.2 Å². The molecule has 2 saturated heterocycles. The van der Waals surface area contributed by atoms with Crippen LogP contribution in [0.5, 0.6) is 0 Å². The van der Waals surface area contributed by atoms with Gasteiger partial charge in [-0.05, 0) is 103 Å². The van der Waals surface area contributed by atoms with E-state index in [0.717, 1.165) is 55.6 Å². The first-order valence-electron chi connectivity index (χ1n) is 16.6. The summed E-state index contributed by atoms with van der Waals surface area (Å²) in [4.78, 5) is 31.5. The number of benzene rings is 2. The summed E-state index contributed by atoms with van der Waals surface area (Å²) in [5.74, 6) is 1.28. The maximum absolute atomic E-state index is 14.6. The van der Waals surface area contributed by atoms with E-state index in [1.54, 1.807) is 17.3 Å². The molecule has 4 fully saturated rings. The predicted octanol–water partition coefficient (Wildman–Crippen LogP) is 5.81. The Balaban J connectivity index is 1.11. The highest BCUT2D eigenvalue weighted by molar-refractivity contribution is 6.10. The molecule has 246 valence electrons. The fourth-order valence-corrected chi connectivity index (χ4v) is 8.86. The number of anilines is 1. The number of alkyl halides is 3. The molecule has 0 radical (unpaired) electrons. The molecule has 8 rings (SSSR count). The fourth-order valence-electron chi connectivity index (χ4n) is 8.86. The molecule has 1 aromatic heterocycles. The first-order chi connectivity index (χ1) is 22.4. The Bertz CT molecular complexity index is 1800. The van der Waals surface area contributed by atoms with Gasteiger partial charge in [0, 0.05) is 49.9 Å². The third-order valence-corrected chi connectivity index (χ3v) is 11.3. The summed E-state index contributed by atoms with van der Waals surface area (Å²) in [6, 6.07) is 9.15. The molecule has 2 saturated carbocycles. The van der Waals surface area contributed by atoms with Gasteiger partial charge in [0.15, 0.2) is 0 Å². The van der Waals surface area contributed by atoms with Crippen molar-refractivity contribution in [2.75, 3.05) is 31.1 Å². The highest BCUT2D eigenvalue weighted by Crippen LogP contribution is 2.54. The van der Waals surface area contributed by atoms with Crippen molar-refractivity contribution >= 4 is 17.5 Å². The molecule has 47 heavy (non-hydrogen) atoms. The molecule has 0 N–H and O–H groups in total. The lowest BCUT2D eigenvalue weighted by atomic mass is 9.58. The number of aromatic nitrogens is 3. The summed E-state index contributed by atoms with van der Waals surface area (Å²) in [7, 11) is 1.94. The Kier molecular flexibility index (Phi) is 6.78. The molecule has 3 aromatic rings. The minimum atomic E-state index is -4.60. The summed E-state index contributed by atoms with van der Waals surface area (Å²) >= 11 is 0. The van der Waals surface area contributed by atoms with E-state index in [4.69, 9.17) is 0 Å². The Morgan fingerprint density at radius 3 is 2.51 bits per heavy atom. The molecule has 1 spiro atoms. The molecule has 3 aliphatic heterocycles. The van der Waals surface area contributed by atoms with Gasteiger partial charge in [-0.25, -0.2) is 0 Å². The van der Waals surface area contributed by atoms with E-state index >= 15 is 0 Å². The van der Waals surface area contributed by atoms with Crippen LogP contribution in [-0.4, -0.2) is 62.6 Å². The highest BCUT2D eigenvalue weighted by Gasteiger charge is 2.50. The van der Waals surface area contributed by atoms with E-state index in [0.29, 0.717) is 49.3 Å². The molecule has 8 nitrogen and oxygen atoms in total. The fraction of sp³-hybridized carbons (Fsp3) is 0.500. The van der Waals surface area contributed by atoms with Gasteiger partial charge in [-0.15, -0.1) is 10.2 Å². The zero-order valence-corrected chi connectivity index (χ0v) is 26.8. The molecule has 4 heterocycles. The Labute approximate surface area is 272 Å². The molecule has 0 bridgehead atoms. The third kappa shape index (κ3) is 5.00. The molecule has 0 atom stereocenters. The van der Waals surface area contributed by atoms with Crippen LogP contribution in [0.25, 0.3) is 0 Å².